The third-order valence-corrected chi connectivity index (χ3v) is 8.39. The minimum Gasteiger partial charge on any atom is -0.460 e. The van der Waals surface area contributed by atoms with Gasteiger partial charge in [-0.25, -0.2) is 15.0 Å². The van der Waals surface area contributed by atoms with E-state index in [-0.39, 0.29) is 0 Å². The summed E-state index contributed by atoms with van der Waals surface area (Å²) in [5.41, 5.74) is 8.47. The van der Waals surface area contributed by atoms with E-state index in [2.05, 4.69) is 60.7 Å². The van der Waals surface area contributed by atoms with Gasteiger partial charge in [-0.15, -0.1) is 0 Å². The summed E-state index contributed by atoms with van der Waals surface area (Å²) in [4.78, 5) is 15.4. The number of fused-ring (bicyclic) bond motifs is 6. The summed E-state index contributed by atoms with van der Waals surface area (Å²) >= 11 is 0. The summed E-state index contributed by atoms with van der Waals surface area (Å²) in [6, 6.07) is 39.0. The Labute approximate surface area is 253 Å². The van der Waals surface area contributed by atoms with Crippen LogP contribution in [0.5, 0.6) is 0 Å². The largest absolute Gasteiger partial charge is 0.460 e. The number of para-hydroxylation sites is 1. The van der Waals surface area contributed by atoms with E-state index in [1.807, 2.05) is 66.7 Å². The number of hydrogen-bond acceptors (Lipinski definition) is 5. The molecule has 44 heavy (non-hydrogen) atoms. The summed E-state index contributed by atoms with van der Waals surface area (Å²) in [6.07, 6.45) is 6.22. The molecule has 0 unspecified atom stereocenters. The van der Waals surface area contributed by atoms with Gasteiger partial charge in [0.1, 0.15) is 22.5 Å². The molecule has 5 heteroatoms. The van der Waals surface area contributed by atoms with Crippen molar-refractivity contribution >= 4 is 39.0 Å². The van der Waals surface area contributed by atoms with Crippen LogP contribution < -0.4 is 0 Å². The molecule has 8 aromatic rings. The molecule has 0 radical (unpaired) electrons. The Morgan fingerprint density at radius 3 is 2.05 bits per heavy atom. The zero-order valence-electron chi connectivity index (χ0n) is 23.7. The van der Waals surface area contributed by atoms with Crippen LogP contribution in [0.4, 0.5) is 0 Å². The molecule has 5 nitrogen and oxygen atoms in total. The fourth-order valence-corrected chi connectivity index (χ4v) is 6.35. The molecule has 0 spiro atoms. The van der Waals surface area contributed by atoms with Crippen LogP contribution in [0.25, 0.3) is 84.3 Å². The first-order chi connectivity index (χ1) is 21.8. The summed E-state index contributed by atoms with van der Waals surface area (Å²) < 4.78 is 12.7. The van der Waals surface area contributed by atoms with Crippen LogP contribution in [0.1, 0.15) is 17.7 Å². The molecule has 0 atom stereocenters. The molecule has 0 fully saturated rings. The van der Waals surface area contributed by atoms with Gasteiger partial charge in [0.25, 0.3) is 0 Å². The molecule has 1 aliphatic carbocycles. The number of nitrogens with zero attached hydrogens (tertiary/aromatic N) is 3. The van der Waals surface area contributed by atoms with E-state index in [4.69, 9.17) is 23.8 Å². The highest BCUT2D eigenvalue weighted by Crippen LogP contribution is 2.41. The number of aromatic nitrogens is 3. The molecule has 0 aliphatic heterocycles. The van der Waals surface area contributed by atoms with Crippen molar-refractivity contribution in [3.63, 3.8) is 0 Å². The molecule has 5 aromatic carbocycles. The highest BCUT2D eigenvalue weighted by atomic mass is 16.3. The second-order valence-corrected chi connectivity index (χ2v) is 11.1. The minimum atomic E-state index is 0.595. The maximum absolute atomic E-state index is 6.51. The van der Waals surface area contributed by atoms with Crippen LogP contribution in [0.3, 0.4) is 0 Å². The highest BCUT2D eigenvalue weighted by Gasteiger charge is 2.23. The number of hydrogen-bond donors (Lipinski definition) is 0. The topological polar surface area (TPSA) is 65.0 Å². The fourth-order valence-electron chi connectivity index (χ4n) is 6.35. The van der Waals surface area contributed by atoms with Crippen molar-refractivity contribution < 1.29 is 8.83 Å². The maximum atomic E-state index is 6.51. The number of allylic oxidation sites excluding steroid dienone is 1. The molecule has 0 amide bonds. The van der Waals surface area contributed by atoms with Crippen molar-refractivity contribution in [2.24, 2.45) is 0 Å². The summed E-state index contributed by atoms with van der Waals surface area (Å²) in [7, 11) is 0. The van der Waals surface area contributed by atoms with Crippen molar-refractivity contribution in [2.75, 3.05) is 0 Å². The van der Waals surface area contributed by atoms with Crippen molar-refractivity contribution in [3.05, 3.63) is 133 Å². The Morgan fingerprint density at radius 2 is 1.20 bits per heavy atom. The van der Waals surface area contributed by atoms with Crippen LogP contribution in [0.15, 0.2) is 130 Å². The summed E-state index contributed by atoms with van der Waals surface area (Å²) in [6.45, 7) is 0. The number of benzene rings is 5. The lowest BCUT2D eigenvalue weighted by atomic mass is 9.95. The fraction of sp³-hybridized carbons (Fsp3) is 0.0513. The average molecular weight is 568 g/mol. The molecular formula is C39H25N3O2. The molecule has 0 N–H and O–H groups in total. The summed E-state index contributed by atoms with van der Waals surface area (Å²) in [5, 5.41) is 3.05. The molecule has 3 heterocycles. The van der Waals surface area contributed by atoms with Crippen molar-refractivity contribution in [1.29, 1.82) is 0 Å². The minimum absolute atomic E-state index is 0.595. The third-order valence-electron chi connectivity index (χ3n) is 8.39. The Morgan fingerprint density at radius 1 is 0.500 bits per heavy atom. The van der Waals surface area contributed by atoms with E-state index in [9.17, 15) is 0 Å². The van der Waals surface area contributed by atoms with Gasteiger partial charge >= 0.3 is 0 Å². The van der Waals surface area contributed by atoms with Gasteiger partial charge in [-0.2, -0.15) is 0 Å². The van der Waals surface area contributed by atoms with Crippen molar-refractivity contribution in [3.8, 4) is 45.3 Å². The Balaban J connectivity index is 1.37. The van der Waals surface area contributed by atoms with E-state index in [0.717, 1.165) is 84.9 Å². The van der Waals surface area contributed by atoms with E-state index in [1.54, 1.807) is 0 Å². The first kappa shape index (κ1) is 24.8. The number of furan rings is 2. The van der Waals surface area contributed by atoms with Crippen LogP contribution in [0.2, 0.25) is 0 Å². The highest BCUT2D eigenvalue weighted by molar-refractivity contribution is 6.12. The molecule has 1 aliphatic rings. The monoisotopic (exact) mass is 567 g/mol. The predicted molar refractivity (Wildman–Crippen MR) is 176 cm³/mol. The van der Waals surface area contributed by atoms with Gasteiger partial charge in [0.15, 0.2) is 17.5 Å². The predicted octanol–water partition coefficient (Wildman–Crippen LogP) is 10.1. The van der Waals surface area contributed by atoms with E-state index in [0.29, 0.717) is 17.5 Å². The summed E-state index contributed by atoms with van der Waals surface area (Å²) in [5.74, 6) is 2.81. The van der Waals surface area contributed by atoms with Crippen molar-refractivity contribution in [2.45, 2.75) is 12.8 Å². The van der Waals surface area contributed by atoms with Gasteiger partial charge in [-0.1, -0.05) is 103 Å². The van der Waals surface area contributed by atoms with Crippen LogP contribution in [-0.4, -0.2) is 15.0 Å². The standard InChI is InChI=1S/C39H25N3O2/c1-3-12-24(13-4-1)26-22-30(36-28-17-8-10-20-32(28)44-34(36)23-26)39-41-37(25-14-5-2-6-15-25)40-38(42-39)29-18-11-21-33-35(29)27-16-7-9-19-31(27)43-33/h1-9,11-19,21-23H,10,20H2. The maximum Gasteiger partial charge on any atom is 0.164 e. The van der Waals surface area contributed by atoms with Gasteiger partial charge < -0.3 is 8.83 Å². The van der Waals surface area contributed by atoms with Gasteiger partial charge in [0.2, 0.25) is 0 Å². The molecular weight excluding hydrogens is 542 g/mol. The first-order valence-corrected chi connectivity index (χ1v) is 14.8. The molecule has 208 valence electrons. The van der Waals surface area contributed by atoms with Gasteiger partial charge in [0, 0.05) is 44.8 Å². The first-order valence-electron chi connectivity index (χ1n) is 14.8. The van der Waals surface area contributed by atoms with E-state index >= 15 is 0 Å². The SMILES string of the molecule is C1=Cc2c(oc3cc(-c4ccccc4)cc(-c4nc(-c5ccccc5)nc(-c5cccc6oc7ccccc7c56)n4)c23)CC1. The molecule has 9 rings (SSSR count). The normalized spacial score (nSPS) is 12.7. The lowest BCUT2D eigenvalue weighted by Gasteiger charge is -2.12. The zero-order valence-corrected chi connectivity index (χ0v) is 23.7. The third kappa shape index (κ3) is 3.97. The smallest absolute Gasteiger partial charge is 0.164 e. The Hall–Kier alpha value is -5.81. The molecule has 3 aromatic heterocycles. The van der Waals surface area contributed by atoms with Gasteiger partial charge in [-0.05, 0) is 41.8 Å². The van der Waals surface area contributed by atoms with Crippen LogP contribution >= 0.6 is 0 Å². The van der Waals surface area contributed by atoms with Gasteiger partial charge in [0.05, 0.1) is 0 Å². The molecule has 0 bridgehead atoms. The Bertz CT molecular complexity index is 2380. The van der Waals surface area contributed by atoms with Crippen molar-refractivity contribution in [1.82, 2.24) is 15.0 Å². The second-order valence-electron chi connectivity index (χ2n) is 11.1. The number of aryl methyl sites for hydroxylation is 1. The second kappa shape index (κ2) is 9.89. The lowest BCUT2D eigenvalue weighted by Crippen LogP contribution is -2.01. The van der Waals surface area contributed by atoms with E-state index < -0.39 is 0 Å². The zero-order chi connectivity index (χ0) is 29.0. The van der Waals surface area contributed by atoms with Crippen LogP contribution in [-0.2, 0) is 6.42 Å². The molecule has 0 saturated heterocycles. The lowest BCUT2D eigenvalue weighted by molar-refractivity contribution is 0.546. The van der Waals surface area contributed by atoms with Gasteiger partial charge in [-0.3, -0.25) is 0 Å². The molecule has 0 saturated carbocycles. The van der Waals surface area contributed by atoms with Crippen LogP contribution in [0, 0.1) is 0 Å². The van der Waals surface area contributed by atoms with E-state index in [1.165, 1.54) is 0 Å². The average Bonchev–Trinajstić information content (AvgIpc) is 3.67. The quantitative estimate of drug-likeness (QED) is 0.212. The number of rotatable bonds is 4. The Kier molecular flexibility index (Phi) is 5.56.